The molecule has 10 heteroatoms. The van der Waals surface area contributed by atoms with Crippen molar-refractivity contribution in [1.82, 2.24) is 9.97 Å². The highest BCUT2D eigenvalue weighted by atomic mass is 32.2. The van der Waals surface area contributed by atoms with E-state index in [2.05, 4.69) is 9.97 Å². The van der Waals surface area contributed by atoms with Crippen molar-refractivity contribution in [2.45, 2.75) is 45.0 Å². The second-order valence-electron chi connectivity index (χ2n) is 7.83. The maximum Gasteiger partial charge on any atom is 0.239 e. The van der Waals surface area contributed by atoms with Gasteiger partial charge in [0, 0.05) is 24.6 Å². The third-order valence-electron chi connectivity index (χ3n) is 5.11. The molecule has 0 saturated carbocycles. The Labute approximate surface area is 182 Å². The van der Waals surface area contributed by atoms with Gasteiger partial charge in [0.25, 0.3) is 0 Å². The predicted octanol–water partition coefficient (Wildman–Crippen LogP) is 2.99. The summed E-state index contributed by atoms with van der Waals surface area (Å²) < 4.78 is 49.6. The van der Waals surface area contributed by atoms with Crippen molar-refractivity contribution in [3.63, 3.8) is 0 Å². The van der Waals surface area contributed by atoms with Crippen LogP contribution in [0.1, 0.15) is 50.0 Å². The highest BCUT2D eigenvalue weighted by Crippen LogP contribution is 2.36. The number of aliphatic hydroxyl groups is 1. The smallest absolute Gasteiger partial charge is 0.239 e. The molecule has 0 spiro atoms. The van der Waals surface area contributed by atoms with Crippen LogP contribution in [0.4, 0.5) is 10.3 Å². The van der Waals surface area contributed by atoms with E-state index in [0.717, 1.165) is 10.6 Å². The van der Waals surface area contributed by atoms with E-state index in [-0.39, 0.29) is 18.2 Å². The largest absolute Gasteiger partial charge is 0.388 e. The summed E-state index contributed by atoms with van der Waals surface area (Å²) in [4.78, 5) is 8.96. The molecule has 1 fully saturated rings. The summed E-state index contributed by atoms with van der Waals surface area (Å²) in [6, 6.07) is 5.68. The minimum Gasteiger partial charge on any atom is -0.388 e. The van der Waals surface area contributed by atoms with Crippen molar-refractivity contribution in [3.05, 3.63) is 41.3 Å². The molecule has 1 N–H and O–H groups in total. The monoisotopic (exact) mass is 453 g/mol. The Morgan fingerprint density at radius 1 is 1.19 bits per heavy atom. The first-order valence-corrected chi connectivity index (χ1v) is 12.0. The molecule has 1 unspecified atom stereocenters. The first-order valence-electron chi connectivity index (χ1n) is 10.1. The molecular formula is C21H28FN3O5S. The quantitative estimate of drug-likeness (QED) is 0.656. The Balaban J connectivity index is 2.12. The molecule has 1 atom stereocenters. The Morgan fingerprint density at radius 3 is 2.35 bits per heavy atom. The van der Waals surface area contributed by atoms with Gasteiger partial charge in [0.15, 0.2) is 6.29 Å². The fourth-order valence-electron chi connectivity index (χ4n) is 3.37. The first kappa shape index (κ1) is 23.5. The van der Waals surface area contributed by atoms with E-state index in [1.54, 1.807) is 12.1 Å². The lowest BCUT2D eigenvalue weighted by Gasteiger charge is -2.24. The van der Waals surface area contributed by atoms with Crippen LogP contribution in [0.25, 0.3) is 11.3 Å². The number of sulfonamides is 1. The molecule has 1 aliphatic rings. The molecule has 0 aliphatic carbocycles. The van der Waals surface area contributed by atoms with Gasteiger partial charge in [0.2, 0.25) is 16.0 Å². The number of aliphatic hydroxyl groups excluding tert-OH is 1. The van der Waals surface area contributed by atoms with Crippen LogP contribution in [0.15, 0.2) is 24.3 Å². The normalized spacial score (nSPS) is 16.1. The maximum atomic E-state index is 13.5. The van der Waals surface area contributed by atoms with Gasteiger partial charge in [-0.3, -0.25) is 0 Å². The van der Waals surface area contributed by atoms with Crippen LogP contribution < -0.4 is 4.31 Å². The molecule has 8 nitrogen and oxygen atoms in total. The van der Waals surface area contributed by atoms with Crippen LogP contribution in [-0.2, 0) is 19.5 Å². The van der Waals surface area contributed by atoms with E-state index in [9.17, 15) is 17.9 Å². The van der Waals surface area contributed by atoms with Crippen molar-refractivity contribution >= 4 is 16.0 Å². The highest BCUT2D eigenvalue weighted by Gasteiger charge is 2.28. The zero-order valence-corrected chi connectivity index (χ0v) is 18.9. The summed E-state index contributed by atoms with van der Waals surface area (Å²) in [5, 5.41) is 11.1. The lowest BCUT2D eigenvalue weighted by molar-refractivity contribution is -0.0542. The van der Waals surface area contributed by atoms with Gasteiger partial charge in [-0.05, 0) is 36.6 Å². The molecule has 2 heterocycles. The van der Waals surface area contributed by atoms with E-state index >= 15 is 0 Å². The Kier molecular flexibility index (Phi) is 7.25. The van der Waals surface area contributed by atoms with E-state index in [1.165, 1.54) is 19.2 Å². The van der Waals surface area contributed by atoms with Gasteiger partial charge in [-0.2, -0.15) is 0 Å². The minimum absolute atomic E-state index is 0.0102. The number of hydrogen-bond acceptors (Lipinski definition) is 7. The summed E-state index contributed by atoms with van der Waals surface area (Å²) in [7, 11) is -2.24. The molecule has 1 aromatic carbocycles. The lowest BCUT2D eigenvalue weighted by Crippen LogP contribution is -2.28. The van der Waals surface area contributed by atoms with Gasteiger partial charge >= 0.3 is 0 Å². The topological polar surface area (TPSA) is 102 Å². The molecule has 0 bridgehead atoms. The van der Waals surface area contributed by atoms with Crippen LogP contribution in [0, 0.1) is 5.82 Å². The Hall–Kier alpha value is -2.14. The number of halogens is 1. The number of ether oxygens (including phenoxy) is 2. The molecular weight excluding hydrogens is 425 g/mol. The predicted molar refractivity (Wildman–Crippen MR) is 115 cm³/mol. The highest BCUT2D eigenvalue weighted by molar-refractivity contribution is 7.92. The maximum absolute atomic E-state index is 13.5. The molecule has 0 radical (unpaired) electrons. The molecule has 170 valence electrons. The average Bonchev–Trinajstić information content (AvgIpc) is 3.24. The number of anilines is 1. The van der Waals surface area contributed by atoms with Gasteiger partial charge in [0.1, 0.15) is 5.82 Å². The summed E-state index contributed by atoms with van der Waals surface area (Å²) in [5.74, 6) is -0.547. The SMILES string of the molecule is CC(C)c1nc(N(C)S(C)(=O)=O)nc(-c2ccc(F)cc2)c1C(O)CCC1OCCO1. The summed E-state index contributed by atoms with van der Waals surface area (Å²) in [5.41, 5.74) is 1.94. The summed E-state index contributed by atoms with van der Waals surface area (Å²) in [6.45, 7) is 4.85. The van der Waals surface area contributed by atoms with Gasteiger partial charge in [-0.1, -0.05) is 13.8 Å². The molecule has 1 saturated heterocycles. The fraction of sp³-hybridized carbons (Fsp3) is 0.524. The fourth-order valence-corrected chi connectivity index (χ4v) is 3.75. The van der Waals surface area contributed by atoms with Crippen molar-refractivity contribution in [3.8, 4) is 11.3 Å². The standard InChI is InChI=1S/C21H28FN3O5S/c1-13(2)19-18(16(26)9-10-17-29-11-12-30-17)20(14-5-7-15(22)8-6-14)24-21(23-19)25(3)31(4,27)28/h5-8,13,16-17,26H,9-12H2,1-4H3. The lowest BCUT2D eigenvalue weighted by atomic mass is 9.92. The van der Waals surface area contributed by atoms with Gasteiger partial charge < -0.3 is 14.6 Å². The molecule has 2 aromatic rings. The average molecular weight is 454 g/mol. The van der Waals surface area contributed by atoms with Crippen LogP contribution in [0.2, 0.25) is 0 Å². The molecule has 31 heavy (non-hydrogen) atoms. The third-order valence-corrected chi connectivity index (χ3v) is 6.27. The second kappa shape index (κ2) is 9.56. The van der Waals surface area contributed by atoms with Gasteiger partial charge in [0.05, 0.1) is 37.0 Å². The number of benzene rings is 1. The van der Waals surface area contributed by atoms with Gasteiger partial charge in [-0.15, -0.1) is 0 Å². The van der Waals surface area contributed by atoms with Crippen LogP contribution >= 0.6 is 0 Å². The van der Waals surface area contributed by atoms with E-state index in [1.807, 2.05) is 13.8 Å². The van der Waals surface area contributed by atoms with E-state index < -0.39 is 21.9 Å². The molecule has 1 aliphatic heterocycles. The Morgan fingerprint density at radius 2 is 1.81 bits per heavy atom. The molecule has 0 amide bonds. The van der Waals surface area contributed by atoms with Gasteiger partial charge in [-0.25, -0.2) is 27.1 Å². The second-order valence-corrected chi connectivity index (χ2v) is 9.84. The zero-order chi connectivity index (χ0) is 22.8. The van der Waals surface area contributed by atoms with Crippen molar-refractivity contribution < 1.29 is 27.4 Å². The number of rotatable bonds is 8. The summed E-state index contributed by atoms with van der Waals surface area (Å²) >= 11 is 0. The van der Waals surface area contributed by atoms with Crippen LogP contribution in [-0.4, -0.2) is 56.3 Å². The zero-order valence-electron chi connectivity index (χ0n) is 18.1. The van der Waals surface area contributed by atoms with Crippen LogP contribution in [0.5, 0.6) is 0 Å². The van der Waals surface area contributed by atoms with Crippen molar-refractivity contribution in [2.24, 2.45) is 0 Å². The number of aromatic nitrogens is 2. The minimum atomic E-state index is -3.61. The first-order chi connectivity index (χ1) is 14.6. The molecule has 1 aromatic heterocycles. The van der Waals surface area contributed by atoms with E-state index in [0.29, 0.717) is 48.6 Å². The number of hydrogen-bond donors (Lipinski definition) is 1. The van der Waals surface area contributed by atoms with Crippen LogP contribution in [0.3, 0.4) is 0 Å². The van der Waals surface area contributed by atoms with Crippen molar-refractivity contribution in [2.75, 3.05) is 30.8 Å². The molecule has 3 rings (SSSR count). The number of nitrogens with zero attached hydrogens (tertiary/aromatic N) is 3. The third kappa shape index (κ3) is 5.57. The van der Waals surface area contributed by atoms with Crippen molar-refractivity contribution in [1.29, 1.82) is 0 Å². The summed E-state index contributed by atoms with van der Waals surface area (Å²) in [6.07, 6.45) is 0.564. The van der Waals surface area contributed by atoms with E-state index in [4.69, 9.17) is 9.47 Å². The Bertz CT molecular complexity index is 1010.